The van der Waals surface area contributed by atoms with Crippen LogP contribution in [0.3, 0.4) is 0 Å². The summed E-state index contributed by atoms with van der Waals surface area (Å²) >= 11 is 0. The molecular formula is C22H16F4N10. The van der Waals surface area contributed by atoms with Crippen LogP contribution in [0.5, 0.6) is 0 Å². The lowest BCUT2D eigenvalue weighted by molar-refractivity contribution is -0.171. The first-order chi connectivity index (χ1) is 17.2. The summed E-state index contributed by atoms with van der Waals surface area (Å²) in [6.07, 6.45) is -1.62. The molecule has 1 aliphatic heterocycles. The molecule has 4 heterocycles. The SMILES string of the molecule is CN1C=C(c2c(C#N)n(Cc3cn(-c4ccccc4F)nn3)c3ncnc(N)c23)C=NC1C(F)(F)F. The Kier molecular flexibility index (Phi) is 5.39. The second-order valence-corrected chi connectivity index (χ2v) is 7.93. The van der Waals surface area contributed by atoms with E-state index in [1.54, 1.807) is 12.1 Å². The van der Waals surface area contributed by atoms with E-state index in [2.05, 4.69) is 31.3 Å². The number of anilines is 1. The Balaban J connectivity index is 1.61. The highest BCUT2D eigenvalue weighted by molar-refractivity contribution is 6.17. The number of alkyl halides is 3. The van der Waals surface area contributed by atoms with Crippen molar-refractivity contribution in [3.63, 3.8) is 0 Å². The maximum atomic E-state index is 14.2. The van der Waals surface area contributed by atoms with E-state index in [1.807, 2.05) is 0 Å². The number of allylic oxidation sites excluding steroid dienone is 1. The van der Waals surface area contributed by atoms with E-state index in [4.69, 9.17) is 5.73 Å². The van der Waals surface area contributed by atoms with Crippen LogP contribution in [0.2, 0.25) is 0 Å². The predicted molar refractivity (Wildman–Crippen MR) is 121 cm³/mol. The Morgan fingerprint density at radius 1 is 1.19 bits per heavy atom. The molecule has 5 rings (SSSR count). The van der Waals surface area contributed by atoms with E-state index < -0.39 is 18.2 Å². The van der Waals surface area contributed by atoms with E-state index in [0.717, 1.165) is 11.1 Å². The van der Waals surface area contributed by atoms with Crippen LogP contribution in [0, 0.1) is 17.1 Å². The van der Waals surface area contributed by atoms with Gasteiger partial charge < -0.3 is 15.2 Å². The molecular weight excluding hydrogens is 480 g/mol. The molecule has 4 aromatic rings. The molecule has 1 atom stereocenters. The fraction of sp³-hybridized carbons (Fsp3) is 0.182. The van der Waals surface area contributed by atoms with Gasteiger partial charge in [0.25, 0.3) is 0 Å². The molecule has 2 N–H and O–H groups in total. The molecule has 0 amide bonds. The lowest BCUT2D eigenvalue weighted by Gasteiger charge is -2.29. The molecule has 182 valence electrons. The minimum atomic E-state index is -4.58. The van der Waals surface area contributed by atoms with Gasteiger partial charge in [-0.2, -0.15) is 18.4 Å². The molecule has 10 nitrogen and oxygen atoms in total. The first-order valence-electron chi connectivity index (χ1n) is 10.4. The average molecular weight is 496 g/mol. The number of nitrogen functional groups attached to an aromatic ring is 1. The maximum absolute atomic E-state index is 14.2. The number of hydrogen-bond acceptors (Lipinski definition) is 8. The Hall–Kier alpha value is -4.80. The minimum absolute atomic E-state index is 0.00423. The van der Waals surface area contributed by atoms with Crippen LogP contribution in [0.15, 0.2) is 48.0 Å². The quantitative estimate of drug-likeness (QED) is 0.431. The molecule has 1 aromatic carbocycles. The molecule has 0 aliphatic carbocycles. The first kappa shape index (κ1) is 23.0. The van der Waals surface area contributed by atoms with E-state index in [9.17, 15) is 22.8 Å². The minimum Gasteiger partial charge on any atom is -0.383 e. The molecule has 14 heteroatoms. The van der Waals surface area contributed by atoms with Crippen LogP contribution in [0.4, 0.5) is 23.4 Å². The molecule has 0 radical (unpaired) electrons. The van der Waals surface area contributed by atoms with Crippen molar-refractivity contribution in [2.24, 2.45) is 4.99 Å². The van der Waals surface area contributed by atoms with Crippen molar-refractivity contribution < 1.29 is 17.6 Å². The largest absolute Gasteiger partial charge is 0.429 e. The van der Waals surface area contributed by atoms with Crippen LogP contribution in [0.25, 0.3) is 22.3 Å². The number of rotatable bonds is 4. The fourth-order valence-electron chi connectivity index (χ4n) is 4.06. The first-order valence-corrected chi connectivity index (χ1v) is 10.4. The van der Waals surface area contributed by atoms with Gasteiger partial charge in [-0.1, -0.05) is 17.3 Å². The number of hydrogen-bond donors (Lipinski definition) is 1. The number of para-hydroxylation sites is 1. The number of aliphatic imine (C=N–C) groups is 1. The second-order valence-electron chi connectivity index (χ2n) is 7.93. The highest BCUT2D eigenvalue weighted by atomic mass is 19.4. The van der Waals surface area contributed by atoms with Crippen molar-refractivity contribution in [1.29, 1.82) is 5.26 Å². The maximum Gasteiger partial charge on any atom is 0.429 e. The van der Waals surface area contributed by atoms with Gasteiger partial charge >= 0.3 is 6.18 Å². The molecule has 0 spiro atoms. The van der Waals surface area contributed by atoms with E-state index >= 15 is 0 Å². The highest BCUT2D eigenvalue weighted by Crippen LogP contribution is 2.36. The van der Waals surface area contributed by atoms with Gasteiger partial charge in [0.2, 0.25) is 6.17 Å². The van der Waals surface area contributed by atoms with E-state index in [0.29, 0.717) is 5.69 Å². The summed E-state index contributed by atoms with van der Waals surface area (Å²) in [7, 11) is 1.24. The second kappa shape index (κ2) is 8.45. The van der Waals surface area contributed by atoms with Crippen LogP contribution in [-0.2, 0) is 6.54 Å². The highest BCUT2D eigenvalue weighted by Gasteiger charge is 2.43. The Morgan fingerprint density at radius 3 is 2.67 bits per heavy atom. The van der Waals surface area contributed by atoms with Gasteiger partial charge in [0.1, 0.15) is 46.8 Å². The van der Waals surface area contributed by atoms with Crippen LogP contribution >= 0.6 is 0 Å². The van der Waals surface area contributed by atoms with Gasteiger partial charge in [-0.15, -0.1) is 5.10 Å². The molecule has 36 heavy (non-hydrogen) atoms. The number of fused-ring (bicyclic) bond motifs is 1. The summed E-state index contributed by atoms with van der Waals surface area (Å²) in [5.74, 6) is -0.458. The van der Waals surface area contributed by atoms with Crippen molar-refractivity contribution in [2.45, 2.75) is 18.9 Å². The third kappa shape index (κ3) is 3.80. The molecule has 0 saturated carbocycles. The lowest BCUT2D eigenvalue weighted by Crippen LogP contribution is -2.41. The summed E-state index contributed by atoms with van der Waals surface area (Å²) in [6, 6.07) is 8.10. The average Bonchev–Trinajstić information content (AvgIpc) is 3.42. The summed E-state index contributed by atoms with van der Waals surface area (Å²) in [5, 5.41) is 18.4. The van der Waals surface area contributed by atoms with Gasteiger partial charge in [-0.05, 0) is 12.1 Å². The monoisotopic (exact) mass is 496 g/mol. The van der Waals surface area contributed by atoms with Crippen LogP contribution in [-0.4, -0.2) is 60.0 Å². The van der Waals surface area contributed by atoms with Crippen molar-refractivity contribution in [3.8, 4) is 11.8 Å². The normalized spacial score (nSPS) is 15.8. The number of aromatic nitrogens is 6. The zero-order valence-electron chi connectivity index (χ0n) is 18.5. The zero-order chi connectivity index (χ0) is 25.6. The molecule has 0 saturated heterocycles. The number of nitrogens with zero attached hydrogens (tertiary/aromatic N) is 9. The molecule has 1 aliphatic rings. The molecule has 0 bridgehead atoms. The summed E-state index contributed by atoms with van der Waals surface area (Å²) in [5.41, 5.74) is 7.47. The number of nitrogens with two attached hydrogens (primary N) is 1. The standard InChI is InChI=1S/C22H16F4N10/c1-34-8-12(7-29-21(34)22(24,25)26)17-16(6-27)35(20-18(17)19(28)30-11-31-20)9-13-10-36(33-32-13)15-5-3-2-4-14(15)23/h2-5,7-8,10-11,21H,9H2,1H3,(H2,28,30,31). The Bertz CT molecular complexity index is 1570. The van der Waals surface area contributed by atoms with Gasteiger partial charge in [0.15, 0.2) is 0 Å². The van der Waals surface area contributed by atoms with Gasteiger partial charge in [0, 0.05) is 30.6 Å². The van der Waals surface area contributed by atoms with Crippen molar-refractivity contribution in [1.82, 2.24) is 34.4 Å². The number of halogens is 4. The van der Waals surface area contributed by atoms with Crippen LogP contribution < -0.4 is 5.73 Å². The lowest BCUT2D eigenvalue weighted by atomic mass is 10.0. The predicted octanol–water partition coefficient (Wildman–Crippen LogP) is 2.90. The van der Waals surface area contributed by atoms with Crippen molar-refractivity contribution in [2.75, 3.05) is 12.8 Å². The summed E-state index contributed by atoms with van der Waals surface area (Å²) in [6.45, 7) is -0.00423. The fourth-order valence-corrected chi connectivity index (χ4v) is 4.06. The zero-order valence-corrected chi connectivity index (χ0v) is 18.5. The Morgan fingerprint density at radius 2 is 1.97 bits per heavy atom. The van der Waals surface area contributed by atoms with Crippen LogP contribution in [0.1, 0.15) is 17.0 Å². The molecule has 1 unspecified atom stereocenters. The molecule has 0 fully saturated rings. The Labute approximate surface area is 200 Å². The topological polar surface area (TPSA) is 127 Å². The van der Waals surface area contributed by atoms with Gasteiger partial charge in [0.05, 0.1) is 18.1 Å². The van der Waals surface area contributed by atoms with Gasteiger partial charge in [-0.3, -0.25) is 4.99 Å². The van der Waals surface area contributed by atoms with E-state index in [1.165, 1.54) is 47.2 Å². The number of benzene rings is 1. The molecule has 3 aromatic heterocycles. The van der Waals surface area contributed by atoms with Crippen molar-refractivity contribution >= 4 is 28.6 Å². The third-order valence-corrected chi connectivity index (χ3v) is 5.60. The van der Waals surface area contributed by atoms with Gasteiger partial charge in [-0.25, -0.2) is 19.0 Å². The summed E-state index contributed by atoms with van der Waals surface area (Å²) < 4.78 is 56.7. The number of nitriles is 1. The van der Waals surface area contributed by atoms with Crippen molar-refractivity contribution in [3.05, 3.63) is 65.8 Å². The third-order valence-electron chi connectivity index (χ3n) is 5.60. The van der Waals surface area contributed by atoms with E-state index in [-0.39, 0.29) is 45.9 Å². The smallest absolute Gasteiger partial charge is 0.383 e. The summed E-state index contributed by atoms with van der Waals surface area (Å²) in [4.78, 5) is 12.8.